The Labute approximate surface area is 117 Å². The summed E-state index contributed by atoms with van der Waals surface area (Å²) in [6.07, 6.45) is 0. The minimum Gasteiger partial charge on any atom is -0.354 e. The number of carbonyl (C=O) groups is 1. The highest BCUT2D eigenvalue weighted by Crippen LogP contribution is 2.30. The molecular weight excluding hydrogens is 250 g/mol. The van der Waals surface area contributed by atoms with Crippen molar-refractivity contribution in [3.8, 4) is 0 Å². The molecule has 0 atom stereocenters. The van der Waals surface area contributed by atoms with Crippen molar-refractivity contribution in [2.45, 2.75) is 20.4 Å². The van der Waals surface area contributed by atoms with Crippen molar-refractivity contribution < 1.29 is 4.79 Å². The summed E-state index contributed by atoms with van der Waals surface area (Å²) in [5.74, 6) is -0.150. The second kappa shape index (κ2) is 4.63. The van der Waals surface area contributed by atoms with Crippen LogP contribution in [0.1, 0.15) is 23.1 Å². The SMILES string of the molecule is CCn1c2ccccc2c2cc(C(=O)NC)nc(C)c21. The van der Waals surface area contributed by atoms with Gasteiger partial charge in [-0.05, 0) is 26.0 Å². The van der Waals surface area contributed by atoms with Gasteiger partial charge in [0, 0.05) is 29.9 Å². The molecule has 20 heavy (non-hydrogen) atoms. The Balaban J connectivity index is 2.47. The summed E-state index contributed by atoms with van der Waals surface area (Å²) in [6, 6.07) is 10.2. The van der Waals surface area contributed by atoms with Crippen LogP contribution in [-0.2, 0) is 6.54 Å². The number of aryl methyl sites for hydroxylation is 2. The Bertz CT molecular complexity index is 817. The van der Waals surface area contributed by atoms with Gasteiger partial charge in [0.1, 0.15) is 5.69 Å². The number of hydrogen-bond donors (Lipinski definition) is 1. The smallest absolute Gasteiger partial charge is 0.269 e. The lowest BCUT2D eigenvalue weighted by atomic mass is 10.1. The number of rotatable bonds is 2. The first kappa shape index (κ1) is 12.7. The molecule has 0 aliphatic heterocycles. The molecule has 1 aromatic carbocycles. The van der Waals surface area contributed by atoms with E-state index < -0.39 is 0 Å². The molecule has 0 radical (unpaired) electrons. The van der Waals surface area contributed by atoms with Crippen LogP contribution < -0.4 is 5.32 Å². The van der Waals surface area contributed by atoms with E-state index in [-0.39, 0.29) is 5.91 Å². The van der Waals surface area contributed by atoms with Crippen LogP contribution in [0.5, 0.6) is 0 Å². The first-order valence-electron chi connectivity index (χ1n) is 6.78. The van der Waals surface area contributed by atoms with Crippen molar-refractivity contribution >= 4 is 27.7 Å². The summed E-state index contributed by atoms with van der Waals surface area (Å²) in [7, 11) is 1.62. The molecule has 4 nitrogen and oxygen atoms in total. The van der Waals surface area contributed by atoms with Gasteiger partial charge in [-0.3, -0.25) is 4.79 Å². The Hall–Kier alpha value is -2.36. The fourth-order valence-corrected chi connectivity index (χ4v) is 2.84. The Morgan fingerprint density at radius 3 is 2.75 bits per heavy atom. The second-order valence-electron chi connectivity index (χ2n) is 4.83. The molecule has 0 spiro atoms. The molecule has 102 valence electrons. The van der Waals surface area contributed by atoms with Gasteiger partial charge in [0.2, 0.25) is 0 Å². The predicted octanol–water partition coefficient (Wildman–Crippen LogP) is 2.88. The van der Waals surface area contributed by atoms with E-state index in [0.29, 0.717) is 5.69 Å². The maximum absolute atomic E-state index is 11.8. The highest BCUT2D eigenvalue weighted by molar-refractivity contribution is 6.10. The van der Waals surface area contributed by atoms with E-state index in [9.17, 15) is 4.79 Å². The van der Waals surface area contributed by atoms with Gasteiger partial charge in [0.05, 0.1) is 11.2 Å². The van der Waals surface area contributed by atoms with E-state index in [1.54, 1.807) is 7.05 Å². The molecule has 0 unspecified atom stereocenters. The molecule has 3 rings (SSSR count). The van der Waals surface area contributed by atoms with Crippen molar-refractivity contribution in [3.63, 3.8) is 0 Å². The van der Waals surface area contributed by atoms with E-state index in [1.165, 1.54) is 10.9 Å². The van der Waals surface area contributed by atoms with Crippen LogP contribution in [0.15, 0.2) is 30.3 Å². The van der Waals surface area contributed by atoms with E-state index in [4.69, 9.17) is 0 Å². The zero-order valence-electron chi connectivity index (χ0n) is 11.9. The van der Waals surface area contributed by atoms with Gasteiger partial charge in [-0.25, -0.2) is 4.98 Å². The number of carbonyl (C=O) groups excluding carboxylic acids is 1. The second-order valence-corrected chi connectivity index (χ2v) is 4.83. The third-order valence-electron chi connectivity index (χ3n) is 3.70. The molecular formula is C16H17N3O. The molecule has 0 fully saturated rings. The lowest BCUT2D eigenvalue weighted by Crippen LogP contribution is -2.19. The zero-order valence-corrected chi connectivity index (χ0v) is 11.9. The summed E-state index contributed by atoms with van der Waals surface area (Å²) >= 11 is 0. The maximum Gasteiger partial charge on any atom is 0.269 e. The van der Waals surface area contributed by atoms with E-state index >= 15 is 0 Å². The number of pyridine rings is 1. The summed E-state index contributed by atoms with van der Waals surface area (Å²) in [5.41, 5.74) is 3.65. The normalized spacial score (nSPS) is 11.2. The highest BCUT2D eigenvalue weighted by atomic mass is 16.1. The lowest BCUT2D eigenvalue weighted by Gasteiger charge is -2.06. The van der Waals surface area contributed by atoms with Crippen LogP contribution in [0, 0.1) is 6.92 Å². The number of hydrogen-bond acceptors (Lipinski definition) is 2. The molecule has 0 saturated carbocycles. The fourth-order valence-electron chi connectivity index (χ4n) is 2.84. The number of nitrogens with one attached hydrogen (secondary N) is 1. The van der Waals surface area contributed by atoms with Gasteiger partial charge >= 0.3 is 0 Å². The summed E-state index contributed by atoms with van der Waals surface area (Å²) in [4.78, 5) is 16.3. The Kier molecular flexibility index (Phi) is 2.93. The van der Waals surface area contributed by atoms with Crippen LogP contribution in [0.2, 0.25) is 0 Å². The minimum absolute atomic E-state index is 0.150. The number of amides is 1. The van der Waals surface area contributed by atoms with Crippen LogP contribution in [-0.4, -0.2) is 22.5 Å². The van der Waals surface area contributed by atoms with Crippen molar-refractivity contribution in [3.05, 3.63) is 41.7 Å². The van der Waals surface area contributed by atoms with E-state index in [2.05, 4.69) is 33.9 Å². The van der Waals surface area contributed by atoms with Gasteiger partial charge in [-0.15, -0.1) is 0 Å². The number of aromatic nitrogens is 2. The summed E-state index contributed by atoms with van der Waals surface area (Å²) in [5, 5.41) is 4.89. The van der Waals surface area contributed by atoms with Crippen molar-refractivity contribution in [2.24, 2.45) is 0 Å². The van der Waals surface area contributed by atoms with Crippen molar-refractivity contribution in [1.29, 1.82) is 0 Å². The van der Waals surface area contributed by atoms with Crippen molar-refractivity contribution in [2.75, 3.05) is 7.05 Å². The van der Waals surface area contributed by atoms with Crippen LogP contribution in [0.3, 0.4) is 0 Å². The lowest BCUT2D eigenvalue weighted by molar-refractivity contribution is 0.0958. The molecule has 4 heteroatoms. The molecule has 0 bridgehead atoms. The highest BCUT2D eigenvalue weighted by Gasteiger charge is 2.15. The molecule has 1 N–H and O–H groups in total. The average molecular weight is 267 g/mol. The van der Waals surface area contributed by atoms with Gasteiger partial charge in [-0.2, -0.15) is 0 Å². The monoisotopic (exact) mass is 267 g/mol. The fraction of sp³-hybridized carbons (Fsp3) is 0.250. The zero-order chi connectivity index (χ0) is 14.3. The van der Waals surface area contributed by atoms with Gasteiger partial charge < -0.3 is 9.88 Å². The van der Waals surface area contributed by atoms with E-state index in [0.717, 1.165) is 23.1 Å². The Morgan fingerprint density at radius 2 is 2.05 bits per heavy atom. The standard InChI is InChI=1S/C16H17N3O/c1-4-19-14-8-6-5-7-11(14)12-9-13(16(20)17-3)18-10(2)15(12)19/h5-9H,4H2,1-3H3,(H,17,20). The third kappa shape index (κ3) is 1.68. The quantitative estimate of drug-likeness (QED) is 0.776. The summed E-state index contributed by atoms with van der Waals surface area (Å²) in [6.45, 7) is 4.96. The van der Waals surface area contributed by atoms with Crippen LogP contribution in [0.4, 0.5) is 0 Å². The predicted molar refractivity (Wildman–Crippen MR) is 81.0 cm³/mol. The van der Waals surface area contributed by atoms with Gasteiger partial charge in [0.25, 0.3) is 5.91 Å². The van der Waals surface area contributed by atoms with Gasteiger partial charge in [-0.1, -0.05) is 18.2 Å². The number of para-hydroxylation sites is 1. The van der Waals surface area contributed by atoms with Crippen LogP contribution >= 0.6 is 0 Å². The topological polar surface area (TPSA) is 46.9 Å². The third-order valence-corrected chi connectivity index (χ3v) is 3.70. The number of benzene rings is 1. The molecule has 3 aromatic rings. The molecule has 1 amide bonds. The maximum atomic E-state index is 11.8. The number of fused-ring (bicyclic) bond motifs is 3. The molecule has 0 saturated heterocycles. The molecule has 2 aromatic heterocycles. The van der Waals surface area contributed by atoms with Gasteiger partial charge in [0.15, 0.2) is 0 Å². The molecule has 2 heterocycles. The first-order valence-corrected chi connectivity index (χ1v) is 6.78. The molecule has 0 aliphatic rings. The Morgan fingerprint density at radius 1 is 1.30 bits per heavy atom. The van der Waals surface area contributed by atoms with Crippen LogP contribution in [0.25, 0.3) is 21.8 Å². The summed E-state index contributed by atoms with van der Waals surface area (Å²) < 4.78 is 2.25. The van der Waals surface area contributed by atoms with E-state index in [1.807, 2.05) is 25.1 Å². The first-order chi connectivity index (χ1) is 9.67. The van der Waals surface area contributed by atoms with Crippen molar-refractivity contribution in [1.82, 2.24) is 14.9 Å². The minimum atomic E-state index is -0.150. The largest absolute Gasteiger partial charge is 0.354 e. The average Bonchev–Trinajstić information content (AvgIpc) is 2.81. The number of nitrogens with zero attached hydrogens (tertiary/aromatic N) is 2. The molecule has 0 aliphatic carbocycles.